The van der Waals surface area contributed by atoms with Gasteiger partial charge in [0.15, 0.2) is 6.61 Å². The summed E-state index contributed by atoms with van der Waals surface area (Å²) in [6.45, 7) is 0.0583. The molecule has 3 aromatic carbocycles. The van der Waals surface area contributed by atoms with Gasteiger partial charge in [-0.3, -0.25) is 10.1 Å². The number of fused-ring (bicyclic) bond motifs is 1. The summed E-state index contributed by atoms with van der Waals surface area (Å²) in [6, 6.07) is 28.6. The van der Waals surface area contributed by atoms with Crippen molar-refractivity contribution in [2.24, 2.45) is 0 Å². The van der Waals surface area contributed by atoms with Crippen molar-refractivity contribution in [3.63, 3.8) is 0 Å². The molecule has 5 heteroatoms. The van der Waals surface area contributed by atoms with Crippen molar-refractivity contribution in [1.29, 1.82) is 0 Å². The molecule has 1 amide bonds. The van der Waals surface area contributed by atoms with Gasteiger partial charge in [-0.1, -0.05) is 48.5 Å². The molecule has 0 radical (unpaired) electrons. The van der Waals surface area contributed by atoms with Crippen molar-refractivity contribution in [3.05, 3.63) is 91.1 Å². The Balaban J connectivity index is 1.41. The zero-order valence-electron chi connectivity index (χ0n) is 16.2. The first kappa shape index (κ1) is 18.1. The van der Waals surface area contributed by atoms with Gasteiger partial charge in [-0.25, -0.2) is 4.98 Å². The molecule has 1 aliphatic rings. The van der Waals surface area contributed by atoms with E-state index in [2.05, 4.69) is 52.0 Å². The second-order valence-corrected chi connectivity index (χ2v) is 7.15. The number of hydrogen-bond acceptors (Lipinski definition) is 3. The number of nitrogens with one attached hydrogen (secondary N) is 1. The quantitative estimate of drug-likeness (QED) is 0.508. The van der Waals surface area contributed by atoms with Crippen LogP contribution in [0, 0.1) is 0 Å². The van der Waals surface area contributed by atoms with Crippen molar-refractivity contribution in [1.82, 2.24) is 4.98 Å². The third-order valence-electron chi connectivity index (χ3n) is 5.04. The van der Waals surface area contributed by atoms with E-state index >= 15 is 0 Å². The fourth-order valence-electron chi connectivity index (χ4n) is 3.58. The maximum atomic E-state index is 11.6. The zero-order chi connectivity index (χ0) is 20.3. The number of anilines is 1. The third kappa shape index (κ3) is 3.79. The van der Waals surface area contributed by atoms with Crippen LogP contribution in [0.15, 0.2) is 91.1 Å². The number of nitrogens with two attached hydrogens (primary N) is 1. The molecule has 1 aromatic heterocycles. The zero-order valence-corrected chi connectivity index (χ0v) is 16.2. The molecule has 0 aliphatic carbocycles. The lowest BCUT2D eigenvalue weighted by Gasteiger charge is -2.18. The van der Waals surface area contributed by atoms with Gasteiger partial charge in [-0.2, -0.15) is 0 Å². The van der Waals surface area contributed by atoms with Gasteiger partial charge in [-0.15, -0.1) is 0 Å². The lowest BCUT2D eigenvalue weighted by molar-refractivity contribution is -0.482. The van der Waals surface area contributed by atoms with Crippen molar-refractivity contribution in [2.75, 3.05) is 11.9 Å². The monoisotopic (exact) mass is 394 g/mol. The first-order valence-corrected chi connectivity index (χ1v) is 9.78. The highest BCUT2D eigenvalue weighted by Crippen LogP contribution is 2.32. The number of nitrogens with zero attached hydrogens (tertiary/aromatic N) is 1. The number of aromatic nitrogens is 1. The van der Waals surface area contributed by atoms with E-state index in [9.17, 15) is 4.79 Å². The fraction of sp³-hybridized carbons (Fsp3) is 0.0400. The third-order valence-corrected chi connectivity index (χ3v) is 5.04. The number of hydrogen-bond donors (Lipinski definition) is 2. The Morgan fingerprint density at radius 3 is 2.50 bits per heavy atom. The van der Waals surface area contributed by atoms with E-state index in [0.717, 1.165) is 22.6 Å². The molecule has 0 spiro atoms. The molecule has 2 heterocycles. The highest BCUT2D eigenvalue weighted by molar-refractivity contribution is 5.96. The van der Waals surface area contributed by atoms with Crippen LogP contribution in [0.3, 0.4) is 0 Å². The number of ether oxygens (including phenoxy) is 1. The van der Waals surface area contributed by atoms with E-state index < -0.39 is 0 Å². The predicted molar refractivity (Wildman–Crippen MR) is 117 cm³/mol. The summed E-state index contributed by atoms with van der Waals surface area (Å²) < 4.78 is 5.45. The van der Waals surface area contributed by atoms with Gasteiger partial charge in [0.25, 0.3) is 5.91 Å². The Hall–Kier alpha value is -3.96. The average molecular weight is 394 g/mol. The number of amides is 1. The Morgan fingerprint density at radius 1 is 0.800 bits per heavy atom. The van der Waals surface area contributed by atoms with Gasteiger partial charge in [0.05, 0.1) is 5.69 Å². The number of pyridine rings is 1. The van der Waals surface area contributed by atoms with Crippen LogP contribution in [0.4, 0.5) is 17.2 Å². The SMILES string of the molecule is O=C1COc2ccc(-c3ccnc([NH2+]c4cccc(-c5ccccc5)c4)c3)cc2N1. The molecule has 5 rings (SSSR count). The van der Waals surface area contributed by atoms with E-state index in [1.807, 2.05) is 48.5 Å². The van der Waals surface area contributed by atoms with Crippen molar-refractivity contribution in [2.45, 2.75) is 0 Å². The molecule has 1 aliphatic heterocycles. The summed E-state index contributed by atoms with van der Waals surface area (Å²) in [4.78, 5) is 16.1. The maximum absolute atomic E-state index is 11.6. The van der Waals surface area contributed by atoms with Crippen molar-refractivity contribution < 1.29 is 14.8 Å². The Labute approximate surface area is 174 Å². The normalized spacial score (nSPS) is 12.6. The fourth-order valence-corrected chi connectivity index (χ4v) is 3.58. The van der Waals surface area contributed by atoms with Crippen LogP contribution >= 0.6 is 0 Å². The molecular weight excluding hydrogens is 374 g/mol. The van der Waals surface area contributed by atoms with Crippen LogP contribution in [0.5, 0.6) is 5.75 Å². The van der Waals surface area contributed by atoms with E-state index in [1.54, 1.807) is 6.20 Å². The Kier molecular flexibility index (Phi) is 4.71. The number of carbonyl (C=O) groups is 1. The molecule has 0 unspecified atom stereocenters. The first-order valence-electron chi connectivity index (χ1n) is 9.78. The molecule has 3 N–H and O–H groups in total. The number of rotatable bonds is 4. The molecule has 0 saturated heterocycles. The van der Waals surface area contributed by atoms with Crippen LogP contribution in [0.2, 0.25) is 0 Å². The standard InChI is InChI=1S/C25H19N3O2/c29-25-16-30-23-10-9-19(14-22(23)28-25)20-11-12-26-24(15-20)27-21-8-4-7-18(13-21)17-5-2-1-3-6-17/h1-15H,16H2,(H,26,27)(H,28,29)/p+1. The smallest absolute Gasteiger partial charge is 0.262 e. The maximum Gasteiger partial charge on any atom is 0.262 e. The molecule has 0 fully saturated rings. The largest absolute Gasteiger partial charge is 0.482 e. The minimum Gasteiger partial charge on any atom is -0.482 e. The van der Waals surface area contributed by atoms with Crippen LogP contribution in [0.1, 0.15) is 0 Å². The molecule has 5 nitrogen and oxygen atoms in total. The number of quaternary nitrogens is 1. The molecule has 0 saturated carbocycles. The molecular formula is C25H20N3O2+. The summed E-state index contributed by atoms with van der Waals surface area (Å²) >= 11 is 0. The summed E-state index contributed by atoms with van der Waals surface area (Å²) in [6.07, 6.45) is 1.80. The van der Waals surface area contributed by atoms with Gasteiger partial charge in [0, 0.05) is 18.3 Å². The average Bonchev–Trinajstić information content (AvgIpc) is 2.79. The number of benzene rings is 3. The van der Waals surface area contributed by atoms with Gasteiger partial charge in [0.2, 0.25) is 5.82 Å². The van der Waals surface area contributed by atoms with E-state index in [4.69, 9.17) is 4.74 Å². The second-order valence-electron chi connectivity index (χ2n) is 7.15. The number of carbonyl (C=O) groups excluding carboxylic acids is 1. The van der Waals surface area contributed by atoms with Crippen LogP contribution in [-0.4, -0.2) is 17.5 Å². The summed E-state index contributed by atoms with van der Waals surface area (Å²) in [7, 11) is 0. The predicted octanol–water partition coefficient (Wildman–Crippen LogP) is 4.27. The highest BCUT2D eigenvalue weighted by Gasteiger charge is 2.16. The summed E-state index contributed by atoms with van der Waals surface area (Å²) in [5.74, 6) is 1.43. The molecule has 4 aromatic rings. The van der Waals surface area contributed by atoms with E-state index in [1.165, 1.54) is 11.1 Å². The lowest BCUT2D eigenvalue weighted by Crippen LogP contribution is -2.71. The topological polar surface area (TPSA) is 67.8 Å². The van der Waals surface area contributed by atoms with Gasteiger partial charge < -0.3 is 10.1 Å². The molecule has 0 bridgehead atoms. The lowest BCUT2D eigenvalue weighted by atomic mass is 10.0. The second kappa shape index (κ2) is 7.81. The molecule has 0 atom stereocenters. The van der Waals surface area contributed by atoms with Crippen LogP contribution in [-0.2, 0) is 4.79 Å². The van der Waals surface area contributed by atoms with Gasteiger partial charge >= 0.3 is 0 Å². The Morgan fingerprint density at radius 2 is 1.60 bits per heavy atom. The van der Waals surface area contributed by atoms with Crippen molar-refractivity contribution in [3.8, 4) is 28.0 Å². The van der Waals surface area contributed by atoms with Gasteiger partial charge in [0.1, 0.15) is 11.4 Å². The Bertz CT molecular complexity index is 1220. The van der Waals surface area contributed by atoms with Crippen LogP contribution in [0.25, 0.3) is 22.3 Å². The van der Waals surface area contributed by atoms with Crippen LogP contribution < -0.4 is 15.4 Å². The van der Waals surface area contributed by atoms with Crippen molar-refractivity contribution >= 4 is 23.1 Å². The minimum atomic E-state index is -0.137. The molecule has 30 heavy (non-hydrogen) atoms. The molecule has 146 valence electrons. The van der Waals surface area contributed by atoms with E-state index in [-0.39, 0.29) is 12.5 Å². The minimum absolute atomic E-state index is 0.0583. The summed E-state index contributed by atoms with van der Waals surface area (Å²) in [5, 5.41) is 4.93. The summed E-state index contributed by atoms with van der Waals surface area (Å²) in [5.41, 5.74) is 6.17. The van der Waals surface area contributed by atoms with E-state index in [0.29, 0.717) is 11.4 Å². The van der Waals surface area contributed by atoms with Gasteiger partial charge in [-0.05, 0) is 46.5 Å². The first-order chi connectivity index (χ1) is 14.7. The highest BCUT2D eigenvalue weighted by atomic mass is 16.5.